The maximum absolute atomic E-state index is 12.5. The molecule has 0 atom stereocenters. The smallest absolute Gasteiger partial charge is 0.274 e. The molecule has 0 unspecified atom stereocenters. The lowest BCUT2D eigenvalue weighted by molar-refractivity contribution is -0.130. The fourth-order valence-electron chi connectivity index (χ4n) is 2.63. The highest BCUT2D eigenvalue weighted by Gasteiger charge is 2.24. The molecule has 0 aliphatic carbocycles. The SMILES string of the molecule is CC(=O)N1CCN(C(=O)c2cnc(Nc3c(Cl)cccc3Cl)cn2)CC1. The maximum atomic E-state index is 12.5. The van der Waals surface area contributed by atoms with E-state index >= 15 is 0 Å². The molecule has 1 N–H and O–H groups in total. The van der Waals surface area contributed by atoms with Crippen molar-refractivity contribution in [3.63, 3.8) is 0 Å². The third-order valence-electron chi connectivity index (χ3n) is 4.10. The fraction of sp³-hybridized carbons (Fsp3) is 0.294. The van der Waals surface area contributed by atoms with Crippen LogP contribution < -0.4 is 5.32 Å². The van der Waals surface area contributed by atoms with Gasteiger partial charge in [-0.25, -0.2) is 9.97 Å². The summed E-state index contributed by atoms with van der Waals surface area (Å²) in [6.45, 7) is 3.54. The Bertz CT molecular complexity index is 800. The third-order valence-corrected chi connectivity index (χ3v) is 4.73. The van der Waals surface area contributed by atoms with Crippen molar-refractivity contribution >= 4 is 46.5 Å². The molecular formula is C17H17Cl2N5O2. The summed E-state index contributed by atoms with van der Waals surface area (Å²) in [4.78, 5) is 35.6. The van der Waals surface area contributed by atoms with Crippen LogP contribution in [-0.2, 0) is 4.79 Å². The highest BCUT2D eigenvalue weighted by molar-refractivity contribution is 6.39. The quantitative estimate of drug-likeness (QED) is 0.866. The monoisotopic (exact) mass is 393 g/mol. The lowest BCUT2D eigenvalue weighted by Gasteiger charge is -2.33. The standard InChI is InChI=1S/C17H17Cl2N5O2/c1-11(25)23-5-7-24(8-6-23)17(26)14-9-21-15(10-20-14)22-16-12(18)3-2-4-13(16)19/h2-4,9-10H,5-8H2,1H3,(H,21,22). The predicted octanol–water partition coefficient (Wildman–Crippen LogP) is 2.83. The summed E-state index contributed by atoms with van der Waals surface area (Å²) in [5, 5.41) is 3.92. The number of piperazine rings is 1. The Morgan fingerprint density at radius 2 is 1.62 bits per heavy atom. The van der Waals surface area contributed by atoms with E-state index in [2.05, 4.69) is 15.3 Å². The number of amides is 2. The minimum Gasteiger partial charge on any atom is -0.339 e. The van der Waals surface area contributed by atoms with E-state index in [4.69, 9.17) is 23.2 Å². The molecule has 1 saturated heterocycles. The molecule has 0 spiro atoms. The van der Waals surface area contributed by atoms with Crippen molar-refractivity contribution in [2.45, 2.75) is 6.92 Å². The molecule has 1 aliphatic heterocycles. The molecule has 2 heterocycles. The molecule has 1 fully saturated rings. The van der Waals surface area contributed by atoms with Gasteiger partial charge in [0.1, 0.15) is 11.5 Å². The Kier molecular flexibility index (Phi) is 5.58. The van der Waals surface area contributed by atoms with E-state index < -0.39 is 0 Å². The summed E-state index contributed by atoms with van der Waals surface area (Å²) in [7, 11) is 0. The summed E-state index contributed by atoms with van der Waals surface area (Å²) >= 11 is 12.2. The van der Waals surface area contributed by atoms with Gasteiger partial charge in [0.05, 0.1) is 28.1 Å². The number of carbonyl (C=O) groups excluding carboxylic acids is 2. The number of nitrogens with one attached hydrogen (secondary N) is 1. The lowest BCUT2D eigenvalue weighted by Crippen LogP contribution is -2.50. The van der Waals surface area contributed by atoms with Crippen molar-refractivity contribution in [2.75, 3.05) is 31.5 Å². The van der Waals surface area contributed by atoms with Crippen LogP contribution in [0.4, 0.5) is 11.5 Å². The molecule has 26 heavy (non-hydrogen) atoms. The van der Waals surface area contributed by atoms with Crippen molar-refractivity contribution in [3.05, 3.63) is 46.3 Å². The summed E-state index contributed by atoms with van der Waals surface area (Å²) in [6, 6.07) is 5.17. The van der Waals surface area contributed by atoms with Gasteiger partial charge in [-0.1, -0.05) is 29.3 Å². The third kappa shape index (κ3) is 4.05. The van der Waals surface area contributed by atoms with Crippen molar-refractivity contribution in [2.24, 2.45) is 0 Å². The van der Waals surface area contributed by atoms with Gasteiger partial charge in [-0.05, 0) is 12.1 Å². The van der Waals surface area contributed by atoms with Crippen LogP contribution >= 0.6 is 23.2 Å². The molecule has 0 radical (unpaired) electrons. The number of aromatic nitrogens is 2. The molecule has 1 aliphatic rings. The van der Waals surface area contributed by atoms with Crippen molar-refractivity contribution in [1.82, 2.24) is 19.8 Å². The number of hydrogen-bond donors (Lipinski definition) is 1. The van der Waals surface area contributed by atoms with E-state index in [-0.39, 0.29) is 17.5 Å². The van der Waals surface area contributed by atoms with Gasteiger partial charge in [0.2, 0.25) is 5.91 Å². The second kappa shape index (κ2) is 7.88. The molecule has 9 heteroatoms. The first kappa shape index (κ1) is 18.4. The van der Waals surface area contributed by atoms with Gasteiger partial charge in [0, 0.05) is 33.1 Å². The van der Waals surface area contributed by atoms with Crippen LogP contribution in [-0.4, -0.2) is 57.8 Å². The fourth-order valence-corrected chi connectivity index (χ4v) is 3.13. The van der Waals surface area contributed by atoms with Crippen LogP contribution in [0.5, 0.6) is 0 Å². The van der Waals surface area contributed by atoms with Gasteiger partial charge < -0.3 is 15.1 Å². The first-order valence-electron chi connectivity index (χ1n) is 8.03. The molecule has 1 aromatic carbocycles. The number of benzene rings is 1. The molecule has 3 rings (SSSR count). The van der Waals surface area contributed by atoms with Gasteiger partial charge in [0.25, 0.3) is 5.91 Å². The number of halogens is 2. The lowest BCUT2D eigenvalue weighted by atomic mass is 10.2. The normalized spacial score (nSPS) is 14.3. The Morgan fingerprint density at radius 1 is 1.00 bits per heavy atom. The van der Waals surface area contributed by atoms with Crippen LogP contribution in [0.3, 0.4) is 0 Å². The van der Waals surface area contributed by atoms with E-state index in [1.54, 1.807) is 28.0 Å². The average molecular weight is 394 g/mol. The summed E-state index contributed by atoms with van der Waals surface area (Å²) in [6.07, 6.45) is 2.87. The van der Waals surface area contributed by atoms with E-state index in [9.17, 15) is 9.59 Å². The first-order chi connectivity index (χ1) is 12.5. The van der Waals surface area contributed by atoms with E-state index in [1.807, 2.05) is 0 Å². The number of anilines is 2. The highest BCUT2D eigenvalue weighted by Crippen LogP contribution is 2.31. The molecule has 7 nitrogen and oxygen atoms in total. The molecule has 1 aromatic heterocycles. The molecule has 2 aromatic rings. The van der Waals surface area contributed by atoms with Crippen LogP contribution in [0, 0.1) is 0 Å². The first-order valence-corrected chi connectivity index (χ1v) is 8.79. The van der Waals surface area contributed by atoms with E-state index in [0.717, 1.165) is 0 Å². The topological polar surface area (TPSA) is 78.4 Å². The van der Waals surface area contributed by atoms with E-state index in [1.165, 1.54) is 19.3 Å². The van der Waals surface area contributed by atoms with Crippen LogP contribution in [0.2, 0.25) is 10.0 Å². The summed E-state index contributed by atoms with van der Waals surface area (Å²) in [5.41, 5.74) is 0.779. The Hall–Kier alpha value is -2.38. The predicted molar refractivity (Wildman–Crippen MR) is 99.9 cm³/mol. The van der Waals surface area contributed by atoms with Gasteiger partial charge in [-0.15, -0.1) is 0 Å². The van der Waals surface area contributed by atoms with Gasteiger partial charge >= 0.3 is 0 Å². The molecule has 0 bridgehead atoms. The number of carbonyl (C=O) groups is 2. The van der Waals surface area contributed by atoms with Crippen LogP contribution in [0.25, 0.3) is 0 Å². The van der Waals surface area contributed by atoms with Crippen molar-refractivity contribution in [1.29, 1.82) is 0 Å². The minimum atomic E-state index is -0.206. The Balaban J connectivity index is 1.66. The maximum Gasteiger partial charge on any atom is 0.274 e. The minimum absolute atomic E-state index is 0.0190. The number of hydrogen-bond acceptors (Lipinski definition) is 5. The van der Waals surface area contributed by atoms with Crippen molar-refractivity contribution in [3.8, 4) is 0 Å². The van der Waals surface area contributed by atoms with Crippen molar-refractivity contribution < 1.29 is 9.59 Å². The van der Waals surface area contributed by atoms with Gasteiger partial charge in [-0.2, -0.15) is 0 Å². The van der Waals surface area contributed by atoms with Gasteiger partial charge in [-0.3, -0.25) is 9.59 Å². The zero-order chi connectivity index (χ0) is 18.7. The number of rotatable bonds is 3. The Morgan fingerprint density at radius 3 is 2.15 bits per heavy atom. The zero-order valence-electron chi connectivity index (χ0n) is 14.1. The Labute approximate surface area is 160 Å². The van der Waals surface area contributed by atoms with Gasteiger partial charge in [0.15, 0.2) is 0 Å². The molecular weight excluding hydrogens is 377 g/mol. The molecule has 136 valence electrons. The zero-order valence-corrected chi connectivity index (χ0v) is 15.6. The van der Waals surface area contributed by atoms with E-state index in [0.29, 0.717) is 47.7 Å². The average Bonchev–Trinajstić information content (AvgIpc) is 2.65. The second-order valence-corrected chi connectivity index (χ2v) is 6.62. The largest absolute Gasteiger partial charge is 0.339 e. The second-order valence-electron chi connectivity index (χ2n) is 5.81. The van der Waals surface area contributed by atoms with Crippen LogP contribution in [0.15, 0.2) is 30.6 Å². The summed E-state index contributed by atoms with van der Waals surface area (Å²) in [5.74, 6) is 0.242. The highest BCUT2D eigenvalue weighted by atomic mass is 35.5. The van der Waals surface area contributed by atoms with Crippen LogP contribution in [0.1, 0.15) is 17.4 Å². The molecule has 0 saturated carbocycles. The number of nitrogens with zero attached hydrogens (tertiary/aromatic N) is 4. The number of para-hydroxylation sites is 1. The summed E-state index contributed by atoms with van der Waals surface area (Å²) < 4.78 is 0. The molecule has 2 amide bonds.